The number of nitrogens with zero attached hydrogens (tertiary/aromatic N) is 1. The molecular formula is C24H28N2O2. The van der Waals surface area contributed by atoms with Gasteiger partial charge in [-0.3, -0.25) is 14.5 Å². The Bertz CT molecular complexity index is 917. The Balaban J connectivity index is 2.00. The maximum absolute atomic E-state index is 13.0. The minimum absolute atomic E-state index is 0.0575. The summed E-state index contributed by atoms with van der Waals surface area (Å²) in [4.78, 5) is 27.3. The molecule has 2 aromatic carbocycles. The van der Waals surface area contributed by atoms with Gasteiger partial charge in [0.05, 0.1) is 5.57 Å². The zero-order valence-electron chi connectivity index (χ0n) is 17.3. The smallest absolute Gasteiger partial charge is 0.278 e. The summed E-state index contributed by atoms with van der Waals surface area (Å²) in [6.45, 7) is 10.9. The van der Waals surface area contributed by atoms with Crippen LogP contribution in [0.15, 0.2) is 54.2 Å². The first-order valence-corrected chi connectivity index (χ1v) is 9.77. The van der Waals surface area contributed by atoms with Gasteiger partial charge in [-0.15, -0.1) is 0 Å². The maximum atomic E-state index is 13.0. The zero-order chi connectivity index (χ0) is 20.5. The highest BCUT2D eigenvalue weighted by Crippen LogP contribution is 2.31. The Kier molecular flexibility index (Phi) is 5.41. The number of carbonyl (C=O) groups excluding carboxylic acids is 2. The van der Waals surface area contributed by atoms with Crippen molar-refractivity contribution < 1.29 is 9.59 Å². The minimum Gasteiger partial charge on any atom is -0.350 e. The first-order valence-electron chi connectivity index (χ1n) is 9.77. The molecule has 0 spiro atoms. The van der Waals surface area contributed by atoms with Crippen LogP contribution in [0.5, 0.6) is 0 Å². The lowest BCUT2D eigenvalue weighted by molar-refractivity contribution is -0.136. The van der Waals surface area contributed by atoms with Gasteiger partial charge in [0.2, 0.25) is 0 Å². The van der Waals surface area contributed by atoms with Crippen LogP contribution in [0.2, 0.25) is 0 Å². The molecule has 0 unspecified atom stereocenters. The van der Waals surface area contributed by atoms with Crippen LogP contribution in [0.3, 0.4) is 0 Å². The van der Waals surface area contributed by atoms with Gasteiger partial charge in [0.25, 0.3) is 11.8 Å². The summed E-state index contributed by atoms with van der Waals surface area (Å²) in [7, 11) is 0. The summed E-state index contributed by atoms with van der Waals surface area (Å²) in [6, 6.07) is 15.7. The third kappa shape index (κ3) is 3.86. The molecule has 1 aliphatic rings. The van der Waals surface area contributed by atoms with Crippen molar-refractivity contribution in [3.63, 3.8) is 0 Å². The summed E-state index contributed by atoms with van der Waals surface area (Å²) in [5.74, 6) is -0.494. The van der Waals surface area contributed by atoms with Gasteiger partial charge in [-0.1, -0.05) is 69.7 Å². The summed E-state index contributed by atoms with van der Waals surface area (Å²) in [5.41, 5.74) is 4.74. The van der Waals surface area contributed by atoms with Gasteiger partial charge in [0, 0.05) is 12.2 Å². The topological polar surface area (TPSA) is 49.4 Å². The molecule has 0 atom stereocenters. The van der Waals surface area contributed by atoms with Crippen LogP contribution < -0.4 is 5.32 Å². The Morgan fingerprint density at radius 2 is 1.50 bits per heavy atom. The third-order valence-corrected chi connectivity index (χ3v) is 4.98. The lowest BCUT2D eigenvalue weighted by atomic mass is 9.87. The normalized spacial score (nSPS) is 14.8. The monoisotopic (exact) mass is 376 g/mol. The van der Waals surface area contributed by atoms with Crippen molar-refractivity contribution in [2.45, 2.75) is 46.5 Å². The van der Waals surface area contributed by atoms with Crippen molar-refractivity contribution in [1.82, 2.24) is 4.90 Å². The van der Waals surface area contributed by atoms with Gasteiger partial charge in [-0.05, 0) is 42.0 Å². The highest BCUT2D eigenvalue weighted by Gasteiger charge is 2.38. The van der Waals surface area contributed by atoms with Crippen LogP contribution in [-0.2, 0) is 15.0 Å². The number of hydrogen-bond donors (Lipinski definition) is 1. The molecule has 1 heterocycles. The number of aryl methyl sites for hydroxylation is 1. The first kappa shape index (κ1) is 19.9. The lowest BCUT2D eigenvalue weighted by Gasteiger charge is -2.19. The van der Waals surface area contributed by atoms with Gasteiger partial charge < -0.3 is 5.32 Å². The molecule has 1 N–H and O–H groups in total. The fourth-order valence-corrected chi connectivity index (χ4v) is 3.30. The van der Waals surface area contributed by atoms with E-state index in [0.29, 0.717) is 17.8 Å². The summed E-state index contributed by atoms with van der Waals surface area (Å²) in [5, 5.41) is 3.22. The van der Waals surface area contributed by atoms with E-state index in [1.807, 2.05) is 50.2 Å². The Morgan fingerprint density at radius 3 is 2.04 bits per heavy atom. The van der Waals surface area contributed by atoms with Crippen LogP contribution in [0.4, 0.5) is 5.69 Å². The molecule has 4 heteroatoms. The Morgan fingerprint density at radius 1 is 0.893 bits per heavy atom. The van der Waals surface area contributed by atoms with Gasteiger partial charge in [-0.2, -0.15) is 0 Å². The summed E-state index contributed by atoms with van der Waals surface area (Å²) < 4.78 is 0. The van der Waals surface area contributed by atoms with E-state index in [4.69, 9.17) is 0 Å². The second-order valence-electron chi connectivity index (χ2n) is 8.33. The molecular weight excluding hydrogens is 348 g/mol. The van der Waals surface area contributed by atoms with Crippen molar-refractivity contribution in [2.24, 2.45) is 0 Å². The largest absolute Gasteiger partial charge is 0.350 e. The number of amides is 2. The number of imide groups is 1. The molecule has 0 aromatic heterocycles. The average molecular weight is 377 g/mol. The lowest BCUT2D eigenvalue weighted by Crippen LogP contribution is -2.33. The van der Waals surface area contributed by atoms with Crippen molar-refractivity contribution in [3.8, 4) is 0 Å². The van der Waals surface area contributed by atoms with Crippen LogP contribution in [0.1, 0.15) is 50.8 Å². The average Bonchev–Trinajstić information content (AvgIpc) is 2.87. The van der Waals surface area contributed by atoms with Gasteiger partial charge in [0.1, 0.15) is 5.70 Å². The fourth-order valence-electron chi connectivity index (χ4n) is 3.30. The van der Waals surface area contributed by atoms with Crippen LogP contribution in [0, 0.1) is 6.92 Å². The molecule has 28 heavy (non-hydrogen) atoms. The molecule has 2 aromatic rings. The van der Waals surface area contributed by atoms with Crippen LogP contribution in [0.25, 0.3) is 5.57 Å². The predicted molar refractivity (Wildman–Crippen MR) is 114 cm³/mol. The van der Waals surface area contributed by atoms with E-state index < -0.39 is 0 Å². The highest BCUT2D eigenvalue weighted by molar-refractivity contribution is 6.36. The molecule has 1 aliphatic heterocycles. The molecule has 146 valence electrons. The van der Waals surface area contributed by atoms with E-state index >= 15 is 0 Å². The molecule has 2 amide bonds. The van der Waals surface area contributed by atoms with Crippen molar-refractivity contribution >= 4 is 23.1 Å². The van der Waals surface area contributed by atoms with E-state index in [2.05, 4.69) is 38.2 Å². The van der Waals surface area contributed by atoms with E-state index in [0.717, 1.165) is 23.2 Å². The van der Waals surface area contributed by atoms with Gasteiger partial charge >= 0.3 is 0 Å². The Labute approximate surface area is 167 Å². The van der Waals surface area contributed by atoms with Crippen molar-refractivity contribution in [2.75, 3.05) is 11.9 Å². The number of benzene rings is 2. The quantitative estimate of drug-likeness (QED) is 0.756. The molecule has 0 aliphatic carbocycles. The summed E-state index contributed by atoms with van der Waals surface area (Å²) >= 11 is 0. The highest BCUT2D eigenvalue weighted by atomic mass is 16.2. The number of rotatable bonds is 5. The molecule has 0 bridgehead atoms. The van der Waals surface area contributed by atoms with Gasteiger partial charge in [-0.25, -0.2) is 0 Å². The van der Waals surface area contributed by atoms with E-state index in [-0.39, 0.29) is 17.2 Å². The van der Waals surface area contributed by atoms with E-state index in [1.54, 1.807) is 0 Å². The standard InChI is InChI=1S/C24H28N2O2/c1-6-15-26-22(27)20(17-9-7-16(2)8-10-17)21(23(26)28)25-19-13-11-18(12-14-19)24(3,4)5/h7-14,25H,6,15H2,1-5H3. The molecule has 0 fully saturated rings. The van der Waals surface area contributed by atoms with Crippen LogP contribution in [-0.4, -0.2) is 23.3 Å². The second kappa shape index (κ2) is 7.63. The molecule has 0 saturated carbocycles. The van der Waals surface area contributed by atoms with Crippen LogP contribution >= 0.6 is 0 Å². The van der Waals surface area contributed by atoms with E-state index in [9.17, 15) is 9.59 Å². The molecule has 4 nitrogen and oxygen atoms in total. The van der Waals surface area contributed by atoms with Gasteiger partial charge in [0.15, 0.2) is 0 Å². The minimum atomic E-state index is -0.262. The number of hydrogen-bond acceptors (Lipinski definition) is 3. The van der Waals surface area contributed by atoms with Crippen molar-refractivity contribution in [3.05, 3.63) is 70.9 Å². The second-order valence-corrected chi connectivity index (χ2v) is 8.33. The van der Waals surface area contributed by atoms with E-state index in [1.165, 1.54) is 10.5 Å². The number of anilines is 1. The number of nitrogens with one attached hydrogen (secondary N) is 1. The van der Waals surface area contributed by atoms with Crippen molar-refractivity contribution in [1.29, 1.82) is 0 Å². The molecule has 3 rings (SSSR count). The first-order chi connectivity index (χ1) is 13.2. The Hall–Kier alpha value is -2.88. The molecule has 0 radical (unpaired) electrons. The third-order valence-electron chi connectivity index (χ3n) is 4.98. The molecule has 0 saturated heterocycles. The maximum Gasteiger partial charge on any atom is 0.278 e. The predicted octanol–water partition coefficient (Wildman–Crippen LogP) is 4.89. The SMILES string of the molecule is CCCN1C(=O)C(Nc2ccc(C(C)(C)C)cc2)=C(c2ccc(C)cc2)C1=O. The number of carbonyl (C=O) groups is 2. The zero-order valence-corrected chi connectivity index (χ0v) is 17.3. The summed E-state index contributed by atoms with van der Waals surface area (Å²) in [6.07, 6.45) is 0.728. The fraction of sp³-hybridized carbons (Fsp3) is 0.333.